The SMILES string of the molecule is Cc1cc(C)cc(C(=O)Nc2cccc(NC(=O)c3ccccc3)c2)c1. The number of rotatable bonds is 4. The highest BCUT2D eigenvalue weighted by molar-refractivity contribution is 6.06. The van der Waals surface area contributed by atoms with Crippen LogP contribution in [0.3, 0.4) is 0 Å². The normalized spacial score (nSPS) is 10.2. The minimum absolute atomic E-state index is 0.177. The van der Waals surface area contributed by atoms with E-state index >= 15 is 0 Å². The van der Waals surface area contributed by atoms with Crippen molar-refractivity contribution < 1.29 is 9.59 Å². The zero-order valence-corrected chi connectivity index (χ0v) is 14.7. The van der Waals surface area contributed by atoms with E-state index in [1.54, 1.807) is 36.4 Å². The first-order valence-electron chi connectivity index (χ1n) is 8.37. The largest absolute Gasteiger partial charge is 0.322 e. The molecule has 0 heterocycles. The summed E-state index contributed by atoms with van der Waals surface area (Å²) in [5.41, 5.74) is 4.52. The topological polar surface area (TPSA) is 58.2 Å². The first kappa shape index (κ1) is 17.4. The summed E-state index contributed by atoms with van der Waals surface area (Å²) in [7, 11) is 0. The Labute approximate surface area is 152 Å². The van der Waals surface area contributed by atoms with E-state index in [9.17, 15) is 9.59 Å². The lowest BCUT2D eigenvalue weighted by Crippen LogP contribution is -2.14. The molecule has 26 heavy (non-hydrogen) atoms. The molecule has 0 aliphatic heterocycles. The fourth-order valence-electron chi connectivity index (χ4n) is 2.78. The van der Waals surface area contributed by atoms with E-state index in [0.717, 1.165) is 11.1 Å². The van der Waals surface area contributed by atoms with Crippen LogP contribution in [0.15, 0.2) is 72.8 Å². The number of hydrogen-bond donors (Lipinski definition) is 2. The van der Waals surface area contributed by atoms with Gasteiger partial charge in [-0.05, 0) is 56.3 Å². The molecule has 0 radical (unpaired) electrons. The predicted molar refractivity (Wildman–Crippen MR) is 105 cm³/mol. The lowest BCUT2D eigenvalue weighted by atomic mass is 10.1. The molecule has 2 amide bonds. The number of hydrogen-bond acceptors (Lipinski definition) is 2. The second-order valence-corrected chi connectivity index (χ2v) is 6.23. The lowest BCUT2D eigenvalue weighted by molar-refractivity contribution is 0.101. The van der Waals surface area contributed by atoms with Crippen LogP contribution in [0, 0.1) is 13.8 Å². The molecular weight excluding hydrogens is 324 g/mol. The van der Waals surface area contributed by atoms with Gasteiger partial charge in [-0.2, -0.15) is 0 Å². The van der Waals surface area contributed by atoms with Gasteiger partial charge in [0.2, 0.25) is 0 Å². The Morgan fingerprint density at radius 1 is 0.615 bits per heavy atom. The van der Waals surface area contributed by atoms with Gasteiger partial charge in [-0.1, -0.05) is 41.5 Å². The summed E-state index contributed by atoms with van der Waals surface area (Å²) in [6, 6.07) is 21.8. The van der Waals surface area contributed by atoms with Crippen molar-refractivity contribution in [3.63, 3.8) is 0 Å². The molecule has 0 unspecified atom stereocenters. The highest BCUT2D eigenvalue weighted by Crippen LogP contribution is 2.18. The van der Waals surface area contributed by atoms with Gasteiger partial charge in [0, 0.05) is 22.5 Å². The molecule has 0 saturated heterocycles. The van der Waals surface area contributed by atoms with Crippen LogP contribution in [-0.4, -0.2) is 11.8 Å². The molecule has 0 aromatic heterocycles. The average molecular weight is 344 g/mol. The third kappa shape index (κ3) is 4.36. The summed E-state index contributed by atoms with van der Waals surface area (Å²) in [6.07, 6.45) is 0. The van der Waals surface area contributed by atoms with Crippen molar-refractivity contribution in [1.29, 1.82) is 0 Å². The molecular formula is C22H20N2O2. The van der Waals surface area contributed by atoms with Crippen molar-refractivity contribution in [3.8, 4) is 0 Å². The van der Waals surface area contributed by atoms with Crippen molar-refractivity contribution in [2.24, 2.45) is 0 Å². The zero-order chi connectivity index (χ0) is 18.5. The number of benzene rings is 3. The molecule has 130 valence electrons. The second-order valence-electron chi connectivity index (χ2n) is 6.23. The summed E-state index contributed by atoms with van der Waals surface area (Å²) in [5.74, 6) is -0.369. The molecule has 0 saturated carbocycles. The molecule has 4 nitrogen and oxygen atoms in total. The average Bonchev–Trinajstić information content (AvgIpc) is 2.62. The van der Waals surface area contributed by atoms with Crippen LogP contribution in [0.4, 0.5) is 11.4 Å². The van der Waals surface area contributed by atoms with Crippen LogP contribution in [0.1, 0.15) is 31.8 Å². The van der Waals surface area contributed by atoms with E-state index in [0.29, 0.717) is 22.5 Å². The third-order valence-electron chi connectivity index (χ3n) is 3.90. The van der Waals surface area contributed by atoms with Crippen LogP contribution in [0.5, 0.6) is 0 Å². The van der Waals surface area contributed by atoms with Gasteiger partial charge in [0.1, 0.15) is 0 Å². The maximum atomic E-state index is 12.5. The first-order chi connectivity index (χ1) is 12.5. The standard InChI is InChI=1S/C22H20N2O2/c1-15-11-16(2)13-18(12-15)22(26)24-20-10-6-9-19(14-20)23-21(25)17-7-4-3-5-8-17/h3-14H,1-2H3,(H,23,25)(H,24,26). The van der Waals surface area contributed by atoms with Gasteiger partial charge >= 0.3 is 0 Å². The van der Waals surface area contributed by atoms with Crippen LogP contribution in [0.2, 0.25) is 0 Å². The number of carbonyl (C=O) groups excluding carboxylic acids is 2. The maximum absolute atomic E-state index is 12.5. The molecule has 0 fully saturated rings. The third-order valence-corrected chi connectivity index (χ3v) is 3.90. The van der Waals surface area contributed by atoms with Gasteiger partial charge in [-0.25, -0.2) is 0 Å². The molecule has 0 bridgehead atoms. The van der Waals surface area contributed by atoms with Crippen LogP contribution in [-0.2, 0) is 0 Å². The number of nitrogens with one attached hydrogen (secondary N) is 2. The van der Waals surface area contributed by atoms with Gasteiger partial charge in [0.25, 0.3) is 11.8 Å². The van der Waals surface area contributed by atoms with Gasteiger partial charge in [-0.3, -0.25) is 9.59 Å². The Balaban J connectivity index is 1.73. The van der Waals surface area contributed by atoms with E-state index in [4.69, 9.17) is 0 Å². The molecule has 0 atom stereocenters. The first-order valence-corrected chi connectivity index (χ1v) is 8.37. The van der Waals surface area contributed by atoms with E-state index in [1.165, 1.54) is 0 Å². The lowest BCUT2D eigenvalue weighted by Gasteiger charge is -2.10. The minimum atomic E-state index is -0.191. The Bertz CT molecular complexity index is 929. The Morgan fingerprint density at radius 3 is 1.73 bits per heavy atom. The van der Waals surface area contributed by atoms with Crippen LogP contribution >= 0.6 is 0 Å². The van der Waals surface area contributed by atoms with Crippen molar-refractivity contribution in [1.82, 2.24) is 0 Å². The molecule has 0 aliphatic carbocycles. The van der Waals surface area contributed by atoms with Crippen molar-refractivity contribution >= 4 is 23.2 Å². The predicted octanol–water partition coefficient (Wildman–Crippen LogP) is 4.81. The summed E-state index contributed by atoms with van der Waals surface area (Å²) < 4.78 is 0. The number of anilines is 2. The zero-order valence-electron chi connectivity index (χ0n) is 14.7. The Kier molecular flexibility index (Phi) is 5.13. The van der Waals surface area contributed by atoms with Gasteiger partial charge in [0.05, 0.1) is 0 Å². The van der Waals surface area contributed by atoms with Gasteiger partial charge in [-0.15, -0.1) is 0 Å². The maximum Gasteiger partial charge on any atom is 0.255 e. The Morgan fingerprint density at radius 2 is 1.15 bits per heavy atom. The Hall–Kier alpha value is -3.40. The number of aryl methyl sites for hydroxylation is 2. The monoisotopic (exact) mass is 344 g/mol. The molecule has 3 aromatic carbocycles. The smallest absolute Gasteiger partial charge is 0.255 e. The van der Waals surface area contributed by atoms with E-state index in [1.807, 2.05) is 50.2 Å². The molecule has 0 spiro atoms. The van der Waals surface area contributed by atoms with E-state index < -0.39 is 0 Å². The van der Waals surface area contributed by atoms with Crippen molar-refractivity contribution in [2.75, 3.05) is 10.6 Å². The molecule has 3 rings (SSSR count). The number of amides is 2. The van der Waals surface area contributed by atoms with Crippen LogP contribution in [0.25, 0.3) is 0 Å². The summed E-state index contributed by atoms with van der Waals surface area (Å²) in [4.78, 5) is 24.7. The van der Waals surface area contributed by atoms with Crippen molar-refractivity contribution in [3.05, 3.63) is 95.1 Å². The summed E-state index contributed by atoms with van der Waals surface area (Å²) in [5, 5.41) is 5.72. The minimum Gasteiger partial charge on any atom is -0.322 e. The quantitative estimate of drug-likeness (QED) is 0.714. The van der Waals surface area contributed by atoms with Gasteiger partial charge < -0.3 is 10.6 Å². The highest BCUT2D eigenvalue weighted by atomic mass is 16.2. The molecule has 2 N–H and O–H groups in total. The number of carbonyl (C=O) groups is 2. The summed E-state index contributed by atoms with van der Waals surface area (Å²) in [6.45, 7) is 3.92. The highest BCUT2D eigenvalue weighted by Gasteiger charge is 2.09. The summed E-state index contributed by atoms with van der Waals surface area (Å²) >= 11 is 0. The molecule has 3 aromatic rings. The fraction of sp³-hybridized carbons (Fsp3) is 0.0909. The van der Waals surface area contributed by atoms with Crippen LogP contribution < -0.4 is 10.6 Å². The fourth-order valence-corrected chi connectivity index (χ4v) is 2.78. The second kappa shape index (κ2) is 7.66. The van der Waals surface area contributed by atoms with Crippen molar-refractivity contribution in [2.45, 2.75) is 13.8 Å². The van der Waals surface area contributed by atoms with E-state index in [2.05, 4.69) is 10.6 Å². The molecule has 4 heteroatoms. The van der Waals surface area contributed by atoms with Gasteiger partial charge in [0.15, 0.2) is 0 Å². The molecule has 0 aliphatic rings. The van der Waals surface area contributed by atoms with E-state index in [-0.39, 0.29) is 11.8 Å².